The molecule has 5 N–H and O–H groups in total. The van der Waals surface area contributed by atoms with Gasteiger partial charge in [0.2, 0.25) is 17.5 Å². The number of imidazole rings is 2. The summed E-state index contributed by atoms with van der Waals surface area (Å²) in [5.41, 5.74) is 2.26. The molecule has 6 heterocycles. The number of aromatic hydroxyl groups is 2. The molecule has 2 aromatic carbocycles. The third-order valence-electron chi connectivity index (χ3n) is 8.19. The van der Waals surface area contributed by atoms with Crippen molar-refractivity contribution >= 4 is 34.6 Å². The molecule has 0 aliphatic carbocycles. The Hall–Kier alpha value is -5.04. The first kappa shape index (κ1) is 36.7. The van der Waals surface area contributed by atoms with Crippen molar-refractivity contribution in [1.29, 1.82) is 0 Å². The Balaban J connectivity index is 0.000000144. The quantitative estimate of drug-likeness (QED) is 0.102. The zero-order valence-electron chi connectivity index (χ0n) is 27.1. The molecule has 0 atom stereocenters. The van der Waals surface area contributed by atoms with Crippen molar-refractivity contribution in [2.75, 3.05) is 39.4 Å². The van der Waals surface area contributed by atoms with Gasteiger partial charge in [-0.3, -0.25) is 0 Å². The number of nitrogens with one attached hydrogen (secondary N) is 2. The van der Waals surface area contributed by atoms with Gasteiger partial charge in [-0.2, -0.15) is 13.2 Å². The van der Waals surface area contributed by atoms with Crippen molar-refractivity contribution < 1.29 is 46.9 Å². The van der Waals surface area contributed by atoms with Crippen LogP contribution in [-0.2, 0) is 0 Å². The molecule has 6 aromatic rings. The second kappa shape index (κ2) is 16.5. The monoisotopic (exact) mass is 785 g/mol. The normalized spacial score (nSPS) is 14.0. The molecular weight excluding hydrogens is 755 g/mol. The van der Waals surface area contributed by atoms with Crippen LogP contribution in [0.3, 0.4) is 0 Å². The second-order valence-corrected chi connectivity index (χ2v) is 12.8. The van der Waals surface area contributed by atoms with Gasteiger partial charge in [0.25, 0.3) is 0 Å². The number of rotatable bonds is 9. The van der Waals surface area contributed by atoms with Crippen LogP contribution in [-0.4, -0.2) is 81.1 Å². The highest BCUT2D eigenvalue weighted by atomic mass is 79.9. The number of aromatic nitrogens is 4. The van der Waals surface area contributed by atoms with Crippen molar-refractivity contribution in [3.8, 4) is 39.9 Å². The summed E-state index contributed by atoms with van der Waals surface area (Å²) in [4.78, 5) is 8.19. The SMILES string of the molecule is Brc1cc(OCC2CNC2)c2cncn2c1.O[B]Oc1ccc(O)c(F)c1F.Oc1ccc(-c2cc(OCC3CNC3)c3cncn3c2)c(F)c1F. The number of hydrogen-bond acceptors (Lipinski definition) is 10. The number of fused-ring (bicyclic) bond motifs is 2. The van der Waals surface area contributed by atoms with Gasteiger partial charge in [0, 0.05) is 66.0 Å². The van der Waals surface area contributed by atoms with Crippen molar-refractivity contribution in [1.82, 2.24) is 29.4 Å². The van der Waals surface area contributed by atoms with E-state index in [9.17, 15) is 22.7 Å². The average Bonchev–Trinajstić information content (AvgIpc) is 3.77. The van der Waals surface area contributed by atoms with Crippen LogP contribution in [0.4, 0.5) is 17.6 Å². The Labute approximate surface area is 303 Å². The van der Waals surface area contributed by atoms with E-state index in [0.717, 1.165) is 72.2 Å². The van der Waals surface area contributed by atoms with Crippen LogP contribution < -0.4 is 24.8 Å². The Kier molecular flexibility index (Phi) is 11.7. The summed E-state index contributed by atoms with van der Waals surface area (Å²) >= 11 is 3.47. The molecule has 0 spiro atoms. The fourth-order valence-electron chi connectivity index (χ4n) is 5.13. The van der Waals surface area contributed by atoms with E-state index in [1.54, 1.807) is 35.5 Å². The van der Waals surface area contributed by atoms with E-state index in [2.05, 4.69) is 41.2 Å². The van der Waals surface area contributed by atoms with Crippen molar-refractivity contribution in [3.63, 3.8) is 0 Å². The first-order valence-electron chi connectivity index (χ1n) is 15.8. The molecule has 18 heteroatoms. The first-order valence-corrected chi connectivity index (χ1v) is 16.6. The molecule has 0 saturated carbocycles. The first-order chi connectivity index (χ1) is 25.1. The van der Waals surface area contributed by atoms with E-state index < -0.39 is 40.5 Å². The molecule has 52 heavy (non-hydrogen) atoms. The number of pyridine rings is 2. The molecule has 2 aliphatic rings. The van der Waals surface area contributed by atoms with Gasteiger partial charge in [0.05, 0.1) is 38.3 Å². The van der Waals surface area contributed by atoms with Crippen molar-refractivity contribution in [2.24, 2.45) is 11.8 Å². The maximum Gasteiger partial charge on any atom is 0.569 e. The Morgan fingerprint density at radius 2 is 1.27 bits per heavy atom. The summed E-state index contributed by atoms with van der Waals surface area (Å²) in [7, 11) is 0.217. The van der Waals surface area contributed by atoms with Gasteiger partial charge in [0.1, 0.15) is 28.3 Å². The van der Waals surface area contributed by atoms with Crippen LogP contribution in [0.1, 0.15) is 0 Å². The van der Waals surface area contributed by atoms with Gasteiger partial charge in [0.15, 0.2) is 17.3 Å². The van der Waals surface area contributed by atoms with Gasteiger partial charge in [-0.1, -0.05) is 0 Å². The van der Waals surface area contributed by atoms with E-state index in [-0.39, 0.29) is 13.2 Å². The van der Waals surface area contributed by atoms with Gasteiger partial charge in [-0.15, -0.1) is 0 Å². The lowest BCUT2D eigenvalue weighted by Crippen LogP contribution is -2.45. The van der Waals surface area contributed by atoms with Gasteiger partial charge < -0.3 is 48.8 Å². The standard InChI is InChI=1S/C17H15F2N3O2.C11H12BrN3O.C6H4BF2O3/c18-16-12(1-2-14(23)17(16)19)11-3-15(24-8-10-4-20-5-10)13-6-21-9-22(13)7-11;12-9-1-11(16-6-8-2-13-3-8)10-4-14-7-15(10)5-9;8-5-3(10)1-2-4(6(5)9)12-7-11/h1-3,6-7,9-10,20,23H,4-5,8H2;1,4-5,7-8,13H,2-3,6H2;1-2,10-11H. The largest absolute Gasteiger partial charge is 0.569 e. The molecule has 8 rings (SSSR count). The molecule has 2 aliphatic heterocycles. The molecule has 4 aromatic heterocycles. The van der Waals surface area contributed by atoms with Crippen LogP contribution in [0, 0.1) is 35.1 Å². The zero-order valence-corrected chi connectivity index (χ0v) is 28.7. The number of ether oxygens (including phenoxy) is 2. The molecule has 0 unspecified atom stereocenters. The minimum Gasteiger partial charge on any atom is -0.535 e. The predicted octanol–water partition coefficient (Wildman–Crippen LogP) is 4.85. The minimum atomic E-state index is -1.41. The van der Waals surface area contributed by atoms with E-state index in [0.29, 0.717) is 29.8 Å². The van der Waals surface area contributed by atoms with Gasteiger partial charge in [-0.25, -0.2) is 14.4 Å². The maximum absolute atomic E-state index is 14.2. The van der Waals surface area contributed by atoms with Crippen molar-refractivity contribution in [3.05, 3.63) is 102 Å². The fraction of sp³-hybridized carbons (Fsp3) is 0.235. The third kappa shape index (κ3) is 8.36. The summed E-state index contributed by atoms with van der Waals surface area (Å²) in [6.45, 7) is 5.25. The van der Waals surface area contributed by atoms with Crippen LogP contribution in [0.25, 0.3) is 22.2 Å². The molecular formula is C34H31BBrF4N6O6. The molecule has 0 bridgehead atoms. The summed E-state index contributed by atoms with van der Waals surface area (Å²) in [6, 6.07) is 8.02. The molecule has 271 valence electrons. The number of hydrogen-bond donors (Lipinski definition) is 5. The van der Waals surface area contributed by atoms with Gasteiger partial charge in [-0.05, 0) is 52.3 Å². The second-order valence-electron chi connectivity index (χ2n) is 11.9. The van der Waals surface area contributed by atoms with Crippen LogP contribution in [0.5, 0.6) is 28.7 Å². The van der Waals surface area contributed by atoms with Crippen LogP contribution in [0.15, 0.2) is 78.3 Å². The number of phenolic OH excluding ortho intramolecular Hbond substituents is 2. The van der Waals surface area contributed by atoms with Gasteiger partial charge >= 0.3 is 7.69 Å². The molecule has 2 saturated heterocycles. The molecule has 1 radical (unpaired) electrons. The summed E-state index contributed by atoms with van der Waals surface area (Å²) in [6.07, 6.45) is 10.4. The lowest BCUT2D eigenvalue weighted by molar-refractivity contribution is 0.200. The highest BCUT2D eigenvalue weighted by Crippen LogP contribution is 2.33. The van der Waals surface area contributed by atoms with E-state index >= 15 is 0 Å². The minimum absolute atomic E-state index is 0.0519. The van der Waals surface area contributed by atoms with Crippen LogP contribution in [0.2, 0.25) is 0 Å². The lowest BCUT2D eigenvalue weighted by Gasteiger charge is -2.27. The van der Waals surface area contributed by atoms with E-state index in [1.807, 2.05) is 22.9 Å². The zero-order chi connectivity index (χ0) is 36.8. The number of halogens is 5. The highest BCUT2D eigenvalue weighted by Gasteiger charge is 2.21. The maximum atomic E-state index is 14.2. The van der Waals surface area contributed by atoms with Crippen molar-refractivity contribution in [2.45, 2.75) is 0 Å². The highest BCUT2D eigenvalue weighted by molar-refractivity contribution is 9.10. The summed E-state index contributed by atoms with van der Waals surface area (Å²) < 4.78 is 73.5. The molecule has 12 nitrogen and oxygen atoms in total. The summed E-state index contributed by atoms with van der Waals surface area (Å²) in [5, 5.41) is 32.4. The van der Waals surface area contributed by atoms with E-state index in [1.165, 1.54) is 6.07 Å². The lowest BCUT2D eigenvalue weighted by atomic mass is 10.0. The topological polar surface area (TPSA) is 147 Å². The number of benzene rings is 2. The Morgan fingerprint density at radius 1 is 0.731 bits per heavy atom. The van der Waals surface area contributed by atoms with Crippen LogP contribution >= 0.6 is 15.9 Å². The fourth-order valence-corrected chi connectivity index (χ4v) is 5.55. The molecule has 0 amide bonds. The average molecular weight is 786 g/mol. The Morgan fingerprint density at radius 3 is 1.83 bits per heavy atom. The predicted molar refractivity (Wildman–Crippen MR) is 185 cm³/mol. The smallest absolute Gasteiger partial charge is 0.535 e. The Bertz CT molecular complexity index is 2170. The number of nitrogens with zero attached hydrogens (tertiary/aromatic N) is 4. The molecule has 2 fully saturated rings. The third-order valence-corrected chi connectivity index (χ3v) is 8.63. The number of phenols is 2. The summed E-state index contributed by atoms with van der Waals surface area (Å²) in [5.74, 6) is -4.59. The van der Waals surface area contributed by atoms with E-state index in [4.69, 9.17) is 19.6 Å².